The van der Waals surface area contributed by atoms with E-state index in [1.54, 1.807) is 0 Å². The third kappa shape index (κ3) is 6.89. The fourth-order valence-electron chi connectivity index (χ4n) is 4.38. The van der Waals surface area contributed by atoms with Crippen molar-refractivity contribution in [3.05, 3.63) is 186 Å². The van der Waals surface area contributed by atoms with E-state index < -0.39 is 0 Å². The van der Waals surface area contributed by atoms with Crippen LogP contribution in [0.2, 0.25) is 0 Å². The van der Waals surface area contributed by atoms with E-state index in [1.807, 2.05) is 42.5 Å². The molecule has 190 valence electrons. The normalized spacial score (nSPS) is 11.1. The largest absolute Gasteiger partial charge is 0.392 e. The summed E-state index contributed by atoms with van der Waals surface area (Å²) in [5, 5.41) is 9.57. The second-order valence-electron chi connectivity index (χ2n) is 9.19. The molecule has 0 heterocycles. The van der Waals surface area contributed by atoms with Crippen molar-refractivity contribution in [3.8, 4) is 0 Å². The van der Waals surface area contributed by atoms with Crippen LogP contribution in [-0.4, -0.2) is 5.11 Å². The van der Waals surface area contributed by atoms with E-state index in [-0.39, 0.29) is 6.61 Å². The van der Waals surface area contributed by atoms with Crippen LogP contribution in [0.25, 0.3) is 17.7 Å². The summed E-state index contributed by atoms with van der Waals surface area (Å²) in [5.41, 5.74) is 8.67. The first-order valence-electron chi connectivity index (χ1n) is 13.1. The van der Waals surface area contributed by atoms with E-state index >= 15 is 0 Å². The lowest BCUT2D eigenvalue weighted by atomic mass is 9.98. The minimum Gasteiger partial charge on any atom is -0.392 e. The van der Waals surface area contributed by atoms with E-state index in [4.69, 9.17) is 0 Å². The maximum absolute atomic E-state index is 9.57. The zero-order valence-corrected chi connectivity index (χ0v) is 21.8. The van der Waals surface area contributed by atoms with Gasteiger partial charge in [-0.3, -0.25) is 0 Å². The molecule has 0 aromatic heterocycles. The van der Waals surface area contributed by atoms with Crippen molar-refractivity contribution < 1.29 is 5.11 Å². The van der Waals surface area contributed by atoms with Gasteiger partial charge in [-0.15, -0.1) is 0 Å². The van der Waals surface area contributed by atoms with Crippen LogP contribution in [0.3, 0.4) is 0 Å². The predicted molar refractivity (Wildman–Crippen MR) is 165 cm³/mol. The summed E-state index contributed by atoms with van der Waals surface area (Å²) in [7, 11) is 0. The molecule has 0 bridgehead atoms. The molecule has 5 aromatic rings. The molecule has 0 radical (unpaired) electrons. The van der Waals surface area contributed by atoms with E-state index in [9.17, 15) is 5.11 Å². The van der Waals surface area contributed by atoms with Crippen LogP contribution in [0.1, 0.15) is 27.8 Å². The van der Waals surface area contributed by atoms with Crippen LogP contribution in [0.15, 0.2) is 158 Å². The van der Waals surface area contributed by atoms with E-state index in [2.05, 4.69) is 132 Å². The summed E-state index contributed by atoms with van der Waals surface area (Å²) in [6.45, 7) is 0.0230. The third-order valence-electron chi connectivity index (χ3n) is 6.48. The number of hydrogen-bond acceptors (Lipinski definition) is 2. The monoisotopic (exact) mass is 505 g/mol. The maximum atomic E-state index is 9.57. The van der Waals surface area contributed by atoms with Gasteiger partial charge in [0.05, 0.1) is 6.61 Å². The van der Waals surface area contributed by atoms with Crippen LogP contribution in [0.5, 0.6) is 0 Å². The second kappa shape index (κ2) is 13.0. The first-order valence-corrected chi connectivity index (χ1v) is 13.1. The van der Waals surface area contributed by atoms with Gasteiger partial charge in [-0.25, -0.2) is 0 Å². The SMILES string of the molecule is OCc1ccc(N(C=C(c2ccccc2)c2ccccc2)c2ccc(/C=C/C=C/c3ccccc3)cc2)cc1. The molecule has 0 aliphatic heterocycles. The fraction of sp³-hybridized carbons (Fsp3) is 0.0270. The number of aliphatic hydroxyl groups is 1. The van der Waals surface area contributed by atoms with Crippen LogP contribution in [0.4, 0.5) is 11.4 Å². The Kier molecular flexibility index (Phi) is 8.60. The predicted octanol–water partition coefficient (Wildman–Crippen LogP) is 9.13. The molecule has 0 unspecified atom stereocenters. The topological polar surface area (TPSA) is 23.5 Å². The Labute approximate surface area is 231 Å². The first kappa shape index (κ1) is 25.7. The van der Waals surface area contributed by atoms with Gasteiger partial charge in [-0.05, 0) is 52.1 Å². The Morgan fingerprint density at radius 3 is 1.44 bits per heavy atom. The lowest BCUT2D eigenvalue weighted by Gasteiger charge is -2.24. The van der Waals surface area contributed by atoms with Crippen molar-refractivity contribution in [1.29, 1.82) is 0 Å². The molecule has 2 nitrogen and oxygen atoms in total. The highest BCUT2D eigenvalue weighted by Crippen LogP contribution is 2.32. The molecule has 2 heteroatoms. The van der Waals surface area contributed by atoms with Crippen LogP contribution in [0, 0.1) is 0 Å². The smallest absolute Gasteiger partial charge is 0.0681 e. The summed E-state index contributed by atoms with van der Waals surface area (Å²) in [6, 6.07) is 47.8. The lowest BCUT2D eigenvalue weighted by molar-refractivity contribution is 0.282. The Balaban J connectivity index is 1.50. The number of allylic oxidation sites excluding steroid dienone is 2. The molecule has 0 amide bonds. The highest BCUT2D eigenvalue weighted by Gasteiger charge is 2.12. The Bertz CT molecular complexity index is 1490. The van der Waals surface area contributed by atoms with Crippen molar-refractivity contribution in [1.82, 2.24) is 0 Å². The molecule has 39 heavy (non-hydrogen) atoms. The highest BCUT2D eigenvalue weighted by molar-refractivity contribution is 5.84. The van der Waals surface area contributed by atoms with Crippen molar-refractivity contribution in [3.63, 3.8) is 0 Å². The van der Waals surface area contributed by atoms with Gasteiger partial charge in [0.25, 0.3) is 0 Å². The first-order chi connectivity index (χ1) is 19.3. The minimum atomic E-state index is 0.0230. The molecular formula is C37H31NO. The number of hydrogen-bond donors (Lipinski definition) is 1. The average Bonchev–Trinajstić information content (AvgIpc) is 3.02. The maximum Gasteiger partial charge on any atom is 0.0681 e. The van der Waals surface area contributed by atoms with Gasteiger partial charge >= 0.3 is 0 Å². The number of aliphatic hydroxyl groups excluding tert-OH is 1. The fourth-order valence-corrected chi connectivity index (χ4v) is 4.38. The summed E-state index contributed by atoms with van der Waals surface area (Å²) >= 11 is 0. The van der Waals surface area contributed by atoms with E-state index in [0.29, 0.717) is 0 Å². The number of rotatable bonds is 9. The van der Waals surface area contributed by atoms with Gasteiger partial charge in [0, 0.05) is 23.1 Å². The summed E-state index contributed by atoms with van der Waals surface area (Å²) < 4.78 is 0. The van der Waals surface area contributed by atoms with Crippen LogP contribution >= 0.6 is 0 Å². The Morgan fingerprint density at radius 2 is 0.949 bits per heavy atom. The molecule has 5 aromatic carbocycles. The van der Waals surface area contributed by atoms with Crippen LogP contribution < -0.4 is 4.90 Å². The van der Waals surface area contributed by atoms with Crippen molar-refractivity contribution in [2.75, 3.05) is 4.90 Å². The molecule has 0 fully saturated rings. The summed E-state index contributed by atoms with van der Waals surface area (Å²) in [4.78, 5) is 2.21. The van der Waals surface area contributed by atoms with E-state index in [0.717, 1.165) is 39.2 Å². The van der Waals surface area contributed by atoms with Gasteiger partial charge in [0.1, 0.15) is 0 Å². The Morgan fingerprint density at radius 1 is 0.513 bits per heavy atom. The van der Waals surface area contributed by atoms with Gasteiger partial charge in [0.15, 0.2) is 0 Å². The highest BCUT2D eigenvalue weighted by atomic mass is 16.3. The molecule has 0 aliphatic rings. The molecular weight excluding hydrogens is 474 g/mol. The lowest BCUT2D eigenvalue weighted by Crippen LogP contribution is -2.10. The minimum absolute atomic E-state index is 0.0230. The molecule has 0 spiro atoms. The third-order valence-corrected chi connectivity index (χ3v) is 6.48. The molecule has 5 rings (SSSR count). The van der Waals surface area contributed by atoms with Gasteiger partial charge in [-0.2, -0.15) is 0 Å². The molecule has 0 saturated carbocycles. The summed E-state index contributed by atoms with van der Waals surface area (Å²) in [5.74, 6) is 0. The van der Waals surface area contributed by atoms with E-state index in [1.165, 1.54) is 5.56 Å². The van der Waals surface area contributed by atoms with Gasteiger partial charge < -0.3 is 10.0 Å². The standard InChI is InChI=1S/C37H31NO/c39-29-32-22-26-36(27-23-32)38(28-37(33-16-6-2-7-17-33)34-18-8-3-9-19-34)35-24-20-31(21-25-35)15-11-10-14-30-12-4-1-5-13-30/h1-28,39H,29H2/b14-10+,15-11+. The Hall–Kier alpha value is -4.92. The van der Waals surface area contributed by atoms with Gasteiger partial charge in [-0.1, -0.05) is 140 Å². The summed E-state index contributed by atoms with van der Waals surface area (Å²) in [6.07, 6.45) is 10.5. The zero-order chi connectivity index (χ0) is 26.7. The second-order valence-corrected chi connectivity index (χ2v) is 9.19. The van der Waals surface area contributed by atoms with Crippen molar-refractivity contribution in [2.45, 2.75) is 6.61 Å². The number of anilines is 2. The van der Waals surface area contributed by atoms with Crippen molar-refractivity contribution in [2.24, 2.45) is 0 Å². The molecule has 0 saturated heterocycles. The molecule has 0 atom stereocenters. The number of benzene rings is 5. The molecule has 0 aliphatic carbocycles. The quantitative estimate of drug-likeness (QED) is 0.202. The van der Waals surface area contributed by atoms with Crippen molar-refractivity contribution >= 4 is 29.1 Å². The van der Waals surface area contributed by atoms with Crippen LogP contribution in [-0.2, 0) is 6.61 Å². The average molecular weight is 506 g/mol. The molecule has 1 N–H and O–H groups in total. The van der Waals surface area contributed by atoms with Gasteiger partial charge in [0.2, 0.25) is 0 Å². The zero-order valence-electron chi connectivity index (χ0n) is 21.8. The number of nitrogens with zero attached hydrogens (tertiary/aromatic N) is 1.